The van der Waals surface area contributed by atoms with Crippen LogP contribution in [0.2, 0.25) is 0 Å². The average Bonchev–Trinajstić information content (AvgIpc) is 2.77. The van der Waals surface area contributed by atoms with E-state index in [9.17, 15) is 21.2 Å². The lowest BCUT2D eigenvalue weighted by Gasteiger charge is -2.07. The molecular formula is C13H13FN4O4S2. The predicted molar refractivity (Wildman–Crippen MR) is 86.5 cm³/mol. The lowest BCUT2D eigenvalue weighted by molar-refractivity contribution is 0.587. The predicted octanol–water partition coefficient (Wildman–Crippen LogP) is 0.704. The van der Waals surface area contributed by atoms with Gasteiger partial charge in [-0.25, -0.2) is 30.9 Å². The van der Waals surface area contributed by atoms with E-state index in [4.69, 9.17) is 0 Å². The van der Waals surface area contributed by atoms with Gasteiger partial charge in [0.1, 0.15) is 5.82 Å². The molecule has 2 heterocycles. The van der Waals surface area contributed by atoms with Crippen molar-refractivity contribution in [3.05, 3.63) is 24.0 Å². The molecule has 0 bridgehead atoms. The van der Waals surface area contributed by atoms with Crippen LogP contribution in [0, 0.1) is 5.82 Å². The fraction of sp³-hybridized carbons (Fsp3) is 0.231. The van der Waals surface area contributed by atoms with Crippen molar-refractivity contribution in [2.75, 3.05) is 25.0 Å². The quantitative estimate of drug-likeness (QED) is 0.532. The molecule has 8 nitrogen and oxygen atoms in total. The summed E-state index contributed by atoms with van der Waals surface area (Å²) in [4.78, 5) is 7.69. The van der Waals surface area contributed by atoms with Crippen molar-refractivity contribution in [1.29, 1.82) is 0 Å². The second-order valence-electron chi connectivity index (χ2n) is 5.27. The van der Waals surface area contributed by atoms with Crippen LogP contribution in [-0.2, 0) is 19.7 Å². The molecule has 0 aliphatic heterocycles. The van der Waals surface area contributed by atoms with E-state index in [1.807, 2.05) is 0 Å². The lowest BCUT2D eigenvalue weighted by Crippen LogP contribution is -2.14. The number of rotatable bonds is 3. The Morgan fingerprint density at radius 1 is 1.08 bits per heavy atom. The molecule has 2 aromatic heterocycles. The lowest BCUT2D eigenvalue weighted by atomic mass is 10.2. The Bertz CT molecular complexity index is 1200. The fourth-order valence-electron chi connectivity index (χ4n) is 2.49. The molecule has 0 spiro atoms. The number of halogens is 1. The standard InChI is InChI=1S/C13H13FN4O4S2/c1-15-18-9-5-4-7(14)6-8(9)10-11(18)16-13(24(3,21)22)17-12(10)23(2,19)20/h4-6,15H,1-3H3. The molecular weight excluding hydrogens is 359 g/mol. The van der Waals surface area contributed by atoms with Crippen LogP contribution in [0.4, 0.5) is 4.39 Å². The highest BCUT2D eigenvalue weighted by Crippen LogP contribution is 2.32. The summed E-state index contributed by atoms with van der Waals surface area (Å²) < 4.78 is 63.0. The highest BCUT2D eigenvalue weighted by atomic mass is 32.2. The second kappa shape index (κ2) is 5.11. The van der Waals surface area contributed by atoms with Gasteiger partial charge in [-0.05, 0) is 18.2 Å². The molecule has 0 unspecified atom stereocenters. The Balaban J connectivity index is 2.69. The number of nitrogens with one attached hydrogen (secondary N) is 1. The van der Waals surface area contributed by atoms with Gasteiger partial charge in [0.05, 0.1) is 10.9 Å². The maximum atomic E-state index is 13.7. The van der Waals surface area contributed by atoms with E-state index in [0.717, 1.165) is 18.6 Å². The van der Waals surface area contributed by atoms with Crippen LogP contribution in [0.15, 0.2) is 28.4 Å². The van der Waals surface area contributed by atoms with Crippen molar-refractivity contribution in [3.8, 4) is 0 Å². The van der Waals surface area contributed by atoms with E-state index in [2.05, 4.69) is 15.4 Å². The van der Waals surface area contributed by atoms with Gasteiger partial charge >= 0.3 is 0 Å². The molecule has 128 valence electrons. The first-order valence-corrected chi connectivity index (χ1v) is 10.4. The molecule has 1 aromatic carbocycles. The zero-order valence-corrected chi connectivity index (χ0v) is 14.5. The van der Waals surface area contributed by atoms with Crippen molar-refractivity contribution in [1.82, 2.24) is 14.6 Å². The molecule has 0 amide bonds. The van der Waals surface area contributed by atoms with Crippen LogP contribution in [0.5, 0.6) is 0 Å². The maximum absolute atomic E-state index is 13.7. The SMILES string of the molecule is CNn1c2ccc(F)cc2c2c(S(C)(=O)=O)nc(S(C)(=O)=O)nc21. The molecule has 0 saturated carbocycles. The molecule has 3 aromatic rings. The van der Waals surface area contributed by atoms with E-state index in [0.29, 0.717) is 5.52 Å². The molecule has 0 radical (unpaired) electrons. The Labute approximate surface area is 137 Å². The number of sulfone groups is 2. The Morgan fingerprint density at radius 2 is 1.75 bits per heavy atom. The molecule has 24 heavy (non-hydrogen) atoms. The first kappa shape index (κ1) is 16.6. The van der Waals surface area contributed by atoms with Gasteiger partial charge in [0.15, 0.2) is 20.5 Å². The summed E-state index contributed by atoms with van der Waals surface area (Å²) in [5.74, 6) is -0.565. The van der Waals surface area contributed by atoms with Crippen LogP contribution in [0.25, 0.3) is 21.9 Å². The molecule has 0 aliphatic carbocycles. The Kier molecular flexibility index (Phi) is 3.53. The summed E-state index contributed by atoms with van der Waals surface area (Å²) in [7, 11) is -6.19. The number of aromatic nitrogens is 3. The minimum Gasteiger partial charge on any atom is -0.327 e. The monoisotopic (exact) mass is 372 g/mol. The summed E-state index contributed by atoms with van der Waals surface area (Å²) in [5.41, 5.74) is 3.26. The van der Waals surface area contributed by atoms with E-state index < -0.39 is 35.7 Å². The van der Waals surface area contributed by atoms with Crippen LogP contribution >= 0.6 is 0 Å². The molecule has 0 fully saturated rings. The molecule has 1 N–H and O–H groups in total. The molecule has 11 heteroatoms. The topological polar surface area (TPSA) is 111 Å². The molecule has 0 saturated heterocycles. The Hall–Kier alpha value is -2.27. The van der Waals surface area contributed by atoms with Crippen molar-refractivity contribution in [2.45, 2.75) is 10.2 Å². The maximum Gasteiger partial charge on any atom is 0.250 e. The first-order chi connectivity index (χ1) is 11.0. The highest BCUT2D eigenvalue weighted by Gasteiger charge is 2.26. The second-order valence-corrected chi connectivity index (χ2v) is 9.12. The van der Waals surface area contributed by atoms with Crippen LogP contribution in [-0.4, -0.2) is 51.0 Å². The van der Waals surface area contributed by atoms with E-state index in [1.54, 1.807) is 7.05 Å². The van der Waals surface area contributed by atoms with Crippen molar-refractivity contribution < 1.29 is 21.2 Å². The van der Waals surface area contributed by atoms with Gasteiger partial charge in [-0.15, -0.1) is 0 Å². The minimum atomic E-state index is -3.89. The van der Waals surface area contributed by atoms with Crippen molar-refractivity contribution >= 4 is 41.6 Å². The summed E-state index contributed by atoms with van der Waals surface area (Å²) >= 11 is 0. The number of hydrogen-bond acceptors (Lipinski definition) is 7. The van der Waals surface area contributed by atoms with Gasteiger partial charge < -0.3 is 5.43 Å². The van der Waals surface area contributed by atoms with Crippen LogP contribution < -0.4 is 5.43 Å². The van der Waals surface area contributed by atoms with Crippen molar-refractivity contribution in [3.63, 3.8) is 0 Å². The van der Waals surface area contributed by atoms with Gasteiger partial charge in [0.25, 0.3) is 0 Å². The van der Waals surface area contributed by atoms with Crippen LogP contribution in [0.1, 0.15) is 0 Å². The third-order valence-corrected chi connectivity index (χ3v) is 5.27. The largest absolute Gasteiger partial charge is 0.327 e. The number of fused-ring (bicyclic) bond motifs is 3. The number of benzene rings is 1. The van der Waals surface area contributed by atoms with Gasteiger partial charge in [0.2, 0.25) is 15.0 Å². The summed E-state index contributed by atoms with van der Waals surface area (Å²) in [6, 6.07) is 3.80. The summed E-state index contributed by atoms with van der Waals surface area (Å²) in [6.45, 7) is 0. The third kappa shape index (κ3) is 2.49. The number of nitrogens with zero attached hydrogens (tertiary/aromatic N) is 3. The minimum absolute atomic E-state index is 0.0361. The smallest absolute Gasteiger partial charge is 0.250 e. The van der Waals surface area contributed by atoms with Gasteiger partial charge in [-0.2, -0.15) is 4.98 Å². The summed E-state index contributed by atoms with van der Waals surface area (Å²) in [5, 5.41) is -0.749. The van der Waals surface area contributed by atoms with E-state index >= 15 is 0 Å². The van der Waals surface area contributed by atoms with Gasteiger partial charge in [-0.1, -0.05) is 0 Å². The van der Waals surface area contributed by atoms with Crippen LogP contribution in [0.3, 0.4) is 0 Å². The molecule has 0 aliphatic rings. The average molecular weight is 372 g/mol. The van der Waals surface area contributed by atoms with Gasteiger partial charge in [-0.3, -0.25) is 0 Å². The van der Waals surface area contributed by atoms with Gasteiger partial charge in [0, 0.05) is 24.9 Å². The fourth-order valence-corrected chi connectivity index (χ4v) is 3.88. The summed E-state index contributed by atoms with van der Waals surface area (Å²) in [6.07, 6.45) is 1.79. The van der Waals surface area contributed by atoms with E-state index in [-0.39, 0.29) is 16.4 Å². The van der Waals surface area contributed by atoms with Crippen molar-refractivity contribution in [2.24, 2.45) is 0 Å². The highest BCUT2D eigenvalue weighted by molar-refractivity contribution is 7.91. The normalized spacial score (nSPS) is 12.8. The number of hydrogen-bond donors (Lipinski definition) is 1. The molecule has 3 rings (SSSR count). The zero-order chi connectivity index (χ0) is 17.9. The van der Waals surface area contributed by atoms with E-state index in [1.165, 1.54) is 16.8 Å². The first-order valence-electron chi connectivity index (χ1n) is 6.63. The third-order valence-electron chi connectivity index (χ3n) is 3.42. The Morgan fingerprint density at radius 3 is 2.29 bits per heavy atom. The zero-order valence-electron chi connectivity index (χ0n) is 12.9. The molecule has 0 atom stereocenters.